The molecule has 0 fully saturated rings. The Hall–Kier alpha value is -2.71. The molecule has 1 aromatic heterocycles. The third kappa shape index (κ3) is 5.17. The summed E-state index contributed by atoms with van der Waals surface area (Å²) in [6.07, 6.45) is 0. The van der Waals surface area contributed by atoms with Crippen molar-refractivity contribution in [2.75, 3.05) is 18.8 Å². The van der Waals surface area contributed by atoms with Crippen LogP contribution >= 0.6 is 12.6 Å². The molecule has 1 heterocycles. The molecule has 146 valence electrons. The standard InChI is InChI=1S/C20H24N6OS/c1-14(13-28)20(27)22-11-10-21-12-15-6-8-16(9-7-15)17-4-2-3-5-18(17)19-23-25-26-24-19/h2-9,14,21,28H,10-13H2,1H3,(H,22,27)(H,23,24,25,26). The van der Waals surface area contributed by atoms with Crippen LogP contribution in [0.4, 0.5) is 0 Å². The first-order valence-electron chi connectivity index (χ1n) is 9.20. The minimum atomic E-state index is -0.0637. The summed E-state index contributed by atoms with van der Waals surface area (Å²) in [7, 11) is 0. The lowest BCUT2D eigenvalue weighted by atomic mass is 9.98. The normalized spacial score (nSPS) is 11.9. The molecular weight excluding hydrogens is 372 g/mol. The highest BCUT2D eigenvalue weighted by atomic mass is 32.1. The molecule has 0 saturated heterocycles. The van der Waals surface area contributed by atoms with Crippen molar-refractivity contribution in [2.24, 2.45) is 5.92 Å². The largest absolute Gasteiger partial charge is 0.355 e. The van der Waals surface area contributed by atoms with Gasteiger partial charge in [-0.2, -0.15) is 17.8 Å². The number of aromatic amines is 1. The van der Waals surface area contributed by atoms with Gasteiger partial charge in [-0.3, -0.25) is 4.79 Å². The fourth-order valence-corrected chi connectivity index (χ4v) is 2.94. The van der Waals surface area contributed by atoms with Gasteiger partial charge in [-0.25, -0.2) is 0 Å². The Bertz CT molecular complexity index is 882. The Morgan fingerprint density at radius 2 is 1.86 bits per heavy atom. The SMILES string of the molecule is CC(CS)C(=O)NCCNCc1ccc(-c2ccccc2-c2nn[nH]n2)cc1. The van der Waals surface area contributed by atoms with Crippen molar-refractivity contribution >= 4 is 18.5 Å². The Labute approximate surface area is 169 Å². The van der Waals surface area contributed by atoms with E-state index in [0.29, 0.717) is 24.7 Å². The van der Waals surface area contributed by atoms with Crippen LogP contribution in [0.15, 0.2) is 48.5 Å². The summed E-state index contributed by atoms with van der Waals surface area (Å²) in [5.41, 5.74) is 4.27. The topological polar surface area (TPSA) is 95.6 Å². The van der Waals surface area contributed by atoms with E-state index in [1.54, 1.807) is 0 Å². The van der Waals surface area contributed by atoms with Gasteiger partial charge in [0.15, 0.2) is 0 Å². The first-order chi connectivity index (χ1) is 13.7. The van der Waals surface area contributed by atoms with Crippen LogP contribution < -0.4 is 10.6 Å². The van der Waals surface area contributed by atoms with Gasteiger partial charge in [0.1, 0.15) is 0 Å². The number of amides is 1. The Balaban J connectivity index is 1.54. The van der Waals surface area contributed by atoms with E-state index in [1.165, 1.54) is 5.56 Å². The van der Waals surface area contributed by atoms with E-state index in [1.807, 2.05) is 31.2 Å². The van der Waals surface area contributed by atoms with E-state index >= 15 is 0 Å². The average Bonchev–Trinajstić information content (AvgIpc) is 3.28. The molecule has 8 heteroatoms. The molecule has 2 aromatic carbocycles. The number of aromatic nitrogens is 4. The Morgan fingerprint density at radius 1 is 1.11 bits per heavy atom. The number of hydrogen-bond donors (Lipinski definition) is 4. The van der Waals surface area contributed by atoms with Crippen LogP contribution in [0.1, 0.15) is 12.5 Å². The molecule has 0 aliphatic carbocycles. The Morgan fingerprint density at radius 3 is 2.54 bits per heavy atom. The highest BCUT2D eigenvalue weighted by Gasteiger charge is 2.11. The molecule has 28 heavy (non-hydrogen) atoms. The molecule has 3 N–H and O–H groups in total. The predicted octanol–water partition coefficient (Wildman–Crippen LogP) is 2.31. The maximum Gasteiger partial charge on any atom is 0.223 e. The number of hydrogen-bond acceptors (Lipinski definition) is 6. The molecule has 0 saturated carbocycles. The summed E-state index contributed by atoms with van der Waals surface area (Å²) < 4.78 is 0. The number of carbonyl (C=O) groups is 1. The van der Waals surface area contributed by atoms with E-state index in [4.69, 9.17) is 0 Å². The lowest BCUT2D eigenvalue weighted by Crippen LogP contribution is -2.35. The molecule has 1 amide bonds. The zero-order chi connectivity index (χ0) is 19.8. The van der Waals surface area contributed by atoms with Gasteiger partial charge in [-0.1, -0.05) is 55.5 Å². The summed E-state index contributed by atoms with van der Waals surface area (Å²) >= 11 is 4.14. The lowest BCUT2D eigenvalue weighted by Gasteiger charge is -2.11. The van der Waals surface area contributed by atoms with Crippen LogP contribution in [0.3, 0.4) is 0 Å². The van der Waals surface area contributed by atoms with Crippen molar-refractivity contribution in [3.63, 3.8) is 0 Å². The number of tetrazole rings is 1. The number of rotatable bonds is 9. The smallest absolute Gasteiger partial charge is 0.223 e. The van der Waals surface area contributed by atoms with E-state index in [9.17, 15) is 4.79 Å². The molecule has 0 bridgehead atoms. The summed E-state index contributed by atoms with van der Waals surface area (Å²) in [5.74, 6) is 1.12. The second kappa shape index (κ2) is 10.0. The van der Waals surface area contributed by atoms with Crippen molar-refractivity contribution in [3.8, 4) is 22.5 Å². The molecule has 0 aliphatic rings. The molecular formula is C20H24N6OS. The molecule has 3 aromatic rings. The number of carbonyl (C=O) groups excluding carboxylic acids is 1. The zero-order valence-electron chi connectivity index (χ0n) is 15.7. The highest BCUT2D eigenvalue weighted by molar-refractivity contribution is 7.80. The summed E-state index contributed by atoms with van der Waals surface area (Å²) in [6, 6.07) is 16.4. The van der Waals surface area contributed by atoms with Crippen molar-refractivity contribution in [2.45, 2.75) is 13.5 Å². The van der Waals surface area contributed by atoms with Gasteiger partial charge < -0.3 is 10.6 Å². The number of nitrogens with one attached hydrogen (secondary N) is 3. The minimum Gasteiger partial charge on any atom is -0.355 e. The van der Waals surface area contributed by atoms with Crippen LogP contribution in [-0.4, -0.2) is 45.4 Å². The highest BCUT2D eigenvalue weighted by Crippen LogP contribution is 2.29. The van der Waals surface area contributed by atoms with Crippen LogP contribution in [0, 0.1) is 5.92 Å². The van der Waals surface area contributed by atoms with Gasteiger partial charge in [-0.15, -0.1) is 10.2 Å². The van der Waals surface area contributed by atoms with Gasteiger partial charge in [-0.05, 0) is 21.9 Å². The maximum atomic E-state index is 11.7. The molecule has 7 nitrogen and oxygen atoms in total. The minimum absolute atomic E-state index is 0.0430. The van der Waals surface area contributed by atoms with Crippen LogP contribution in [0.2, 0.25) is 0 Å². The van der Waals surface area contributed by atoms with Crippen molar-refractivity contribution in [3.05, 3.63) is 54.1 Å². The van der Waals surface area contributed by atoms with Crippen molar-refractivity contribution < 1.29 is 4.79 Å². The second-order valence-electron chi connectivity index (χ2n) is 6.53. The predicted molar refractivity (Wildman–Crippen MR) is 113 cm³/mol. The third-order valence-corrected chi connectivity index (χ3v) is 4.98. The molecule has 0 aliphatic heterocycles. The fourth-order valence-electron chi connectivity index (χ4n) is 2.77. The van der Waals surface area contributed by atoms with Crippen molar-refractivity contribution in [1.82, 2.24) is 31.3 Å². The van der Waals surface area contributed by atoms with Gasteiger partial charge in [0.2, 0.25) is 11.7 Å². The number of benzene rings is 2. The third-order valence-electron chi connectivity index (χ3n) is 4.43. The van der Waals surface area contributed by atoms with E-state index in [-0.39, 0.29) is 11.8 Å². The second-order valence-corrected chi connectivity index (χ2v) is 6.89. The molecule has 3 rings (SSSR count). The van der Waals surface area contributed by atoms with E-state index in [0.717, 1.165) is 23.2 Å². The van der Waals surface area contributed by atoms with Gasteiger partial charge in [0, 0.05) is 36.9 Å². The molecule has 0 radical (unpaired) electrons. The summed E-state index contributed by atoms with van der Waals surface area (Å²) in [6.45, 7) is 3.93. The lowest BCUT2D eigenvalue weighted by molar-refractivity contribution is -0.123. The monoisotopic (exact) mass is 396 g/mol. The summed E-state index contributed by atoms with van der Waals surface area (Å²) in [4.78, 5) is 11.7. The molecule has 1 atom stereocenters. The van der Waals surface area contributed by atoms with Crippen LogP contribution in [0.25, 0.3) is 22.5 Å². The number of thiol groups is 1. The zero-order valence-corrected chi connectivity index (χ0v) is 16.6. The van der Waals surface area contributed by atoms with E-state index < -0.39 is 0 Å². The number of H-pyrrole nitrogens is 1. The maximum absolute atomic E-state index is 11.7. The molecule has 0 spiro atoms. The van der Waals surface area contributed by atoms with E-state index in [2.05, 4.69) is 68.2 Å². The van der Waals surface area contributed by atoms with Crippen LogP contribution in [0.5, 0.6) is 0 Å². The number of nitrogens with zero attached hydrogens (tertiary/aromatic N) is 3. The average molecular weight is 397 g/mol. The fraction of sp³-hybridized carbons (Fsp3) is 0.300. The Kier molecular flexibility index (Phi) is 7.16. The molecule has 1 unspecified atom stereocenters. The van der Waals surface area contributed by atoms with Gasteiger partial charge in [0.05, 0.1) is 0 Å². The quantitative estimate of drug-likeness (QED) is 0.329. The van der Waals surface area contributed by atoms with Crippen molar-refractivity contribution in [1.29, 1.82) is 0 Å². The van der Waals surface area contributed by atoms with Crippen LogP contribution in [-0.2, 0) is 11.3 Å². The first kappa shape index (κ1) is 20.0. The van der Waals surface area contributed by atoms with Gasteiger partial charge in [0.25, 0.3) is 0 Å². The summed E-state index contributed by atoms with van der Waals surface area (Å²) in [5, 5.41) is 20.6. The first-order valence-corrected chi connectivity index (χ1v) is 9.83. The van der Waals surface area contributed by atoms with Gasteiger partial charge >= 0.3 is 0 Å².